The van der Waals surface area contributed by atoms with E-state index in [1.165, 1.54) is 0 Å². The lowest BCUT2D eigenvalue weighted by molar-refractivity contribution is -0.120. The number of piperidine rings is 1. The summed E-state index contributed by atoms with van der Waals surface area (Å²) in [7, 11) is 0. The van der Waals surface area contributed by atoms with E-state index in [-0.39, 0.29) is 11.8 Å². The molecule has 30 heavy (non-hydrogen) atoms. The van der Waals surface area contributed by atoms with Crippen LogP contribution in [-0.2, 0) is 4.79 Å². The van der Waals surface area contributed by atoms with E-state index in [4.69, 9.17) is 11.6 Å². The van der Waals surface area contributed by atoms with Crippen LogP contribution in [-0.4, -0.2) is 29.2 Å². The third kappa shape index (κ3) is 4.79. The largest absolute Gasteiger partial charge is 0.355 e. The SMILES string of the molecule is Cc1cc(C)cc(NC(=O)C2CCN(c3ccc(-c4ccc(Cl)cc4)nn3)CC2)c1. The molecular weight excluding hydrogens is 396 g/mol. The third-order valence-corrected chi connectivity index (χ3v) is 5.72. The molecular formula is C24H25ClN4O. The quantitative estimate of drug-likeness (QED) is 0.624. The summed E-state index contributed by atoms with van der Waals surface area (Å²) in [4.78, 5) is 14.9. The first-order valence-electron chi connectivity index (χ1n) is 10.2. The third-order valence-electron chi connectivity index (χ3n) is 5.47. The molecule has 0 radical (unpaired) electrons. The van der Waals surface area contributed by atoms with Crippen molar-refractivity contribution in [3.63, 3.8) is 0 Å². The fraction of sp³-hybridized carbons (Fsp3) is 0.292. The van der Waals surface area contributed by atoms with Gasteiger partial charge in [0.15, 0.2) is 5.82 Å². The van der Waals surface area contributed by atoms with Crippen molar-refractivity contribution in [2.45, 2.75) is 26.7 Å². The number of benzene rings is 2. The van der Waals surface area contributed by atoms with Gasteiger partial charge in [0, 0.05) is 35.3 Å². The Labute approximate surface area is 182 Å². The van der Waals surface area contributed by atoms with Gasteiger partial charge in [0.2, 0.25) is 5.91 Å². The first-order valence-corrected chi connectivity index (χ1v) is 10.6. The number of anilines is 2. The Morgan fingerprint density at radius 1 is 0.967 bits per heavy atom. The van der Waals surface area contributed by atoms with Crippen LogP contribution in [0.5, 0.6) is 0 Å². The Balaban J connectivity index is 1.34. The van der Waals surface area contributed by atoms with Crippen LogP contribution >= 0.6 is 11.6 Å². The zero-order chi connectivity index (χ0) is 21.1. The van der Waals surface area contributed by atoms with E-state index >= 15 is 0 Å². The molecule has 5 nitrogen and oxygen atoms in total. The van der Waals surface area contributed by atoms with E-state index in [2.05, 4.69) is 26.5 Å². The molecule has 154 valence electrons. The summed E-state index contributed by atoms with van der Waals surface area (Å²) >= 11 is 5.95. The van der Waals surface area contributed by atoms with Crippen LogP contribution < -0.4 is 10.2 Å². The highest BCUT2D eigenvalue weighted by Gasteiger charge is 2.26. The number of hydrogen-bond acceptors (Lipinski definition) is 4. The average Bonchev–Trinajstić information content (AvgIpc) is 2.74. The monoisotopic (exact) mass is 420 g/mol. The predicted octanol–water partition coefficient (Wildman–Crippen LogP) is 5.27. The van der Waals surface area contributed by atoms with Crippen molar-refractivity contribution in [3.05, 3.63) is 70.7 Å². The maximum atomic E-state index is 12.7. The predicted molar refractivity (Wildman–Crippen MR) is 122 cm³/mol. The van der Waals surface area contributed by atoms with Crippen LogP contribution in [0.25, 0.3) is 11.3 Å². The van der Waals surface area contributed by atoms with E-state index < -0.39 is 0 Å². The van der Waals surface area contributed by atoms with E-state index in [0.717, 1.165) is 59.8 Å². The van der Waals surface area contributed by atoms with Gasteiger partial charge in [0.1, 0.15) is 0 Å². The smallest absolute Gasteiger partial charge is 0.227 e. The highest BCUT2D eigenvalue weighted by molar-refractivity contribution is 6.30. The zero-order valence-electron chi connectivity index (χ0n) is 17.2. The second-order valence-corrected chi connectivity index (χ2v) is 8.35. The van der Waals surface area contributed by atoms with Crippen LogP contribution in [0.3, 0.4) is 0 Å². The van der Waals surface area contributed by atoms with Crippen molar-refractivity contribution < 1.29 is 4.79 Å². The van der Waals surface area contributed by atoms with Crippen molar-refractivity contribution >= 4 is 29.0 Å². The maximum absolute atomic E-state index is 12.7. The fourth-order valence-corrected chi connectivity index (χ4v) is 4.06. The first kappa shape index (κ1) is 20.4. The molecule has 0 saturated carbocycles. The molecule has 1 saturated heterocycles. The molecule has 0 aliphatic carbocycles. The molecule has 3 aromatic rings. The van der Waals surface area contributed by atoms with Crippen molar-refractivity contribution in [2.24, 2.45) is 5.92 Å². The van der Waals surface area contributed by atoms with Gasteiger partial charge in [0.05, 0.1) is 5.69 Å². The van der Waals surface area contributed by atoms with E-state index in [1.807, 2.05) is 62.4 Å². The van der Waals surface area contributed by atoms with Gasteiger partial charge in [-0.3, -0.25) is 4.79 Å². The average molecular weight is 421 g/mol. The summed E-state index contributed by atoms with van der Waals surface area (Å²) in [5.74, 6) is 0.966. The minimum Gasteiger partial charge on any atom is -0.355 e. The molecule has 0 atom stereocenters. The van der Waals surface area contributed by atoms with Crippen molar-refractivity contribution in [2.75, 3.05) is 23.3 Å². The molecule has 2 aromatic carbocycles. The summed E-state index contributed by atoms with van der Waals surface area (Å²) in [6, 6.07) is 17.7. The van der Waals surface area contributed by atoms with Gasteiger partial charge in [-0.15, -0.1) is 10.2 Å². The number of nitrogens with one attached hydrogen (secondary N) is 1. The van der Waals surface area contributed by atoms with Crippen LogP contribution in [0.2, 0.25) is 5.02 Å². The summed E-state index contributed by atoms with van der Waals surface area (Å²) in [5.41, 5.74) is 4.99. The number of carbonyl (C=O) groups is 1. The molecule has 6 heteroatoms. The van der Waals surface area contributed by atoms with Crippen molar-refractivity contribution in [1.29, 1.82) is 0 Å². The minimum atomic E-state index is 0.0170. The number of aromatic nitrogens is 2. The van der Waals surface area contributed by atoms with Crippen molar-refractivity contribution in [1.82, 2.24) is 10.2 Å². The lowest BCUT2D eigenvalue weighted by Crippen LogP contribution is -2.38. The van der Waals surface area contributed by atoms with Crippen LogP contribution in [0.1, 0.15) is 24.0 Å². The molecule has 1 fully saturated rings. The Bertz CT molecular complexity index is 1010. The molecule has 0 spiro atoms. The summed E-state index contributed by atoms with van der Waals surface area (Å²) in [6.45, 7) is 5.67. The van der Waals surface area contributed by atoms with Gasteiger partial charge >= 0.3 is 0 Å². The number of halogens is 1. The van der Waals surface area contributed by atoms with Gasteiger partial charge < -0.3 is 10.2 Å². The van der Waals surface area contributed by atoms with Crippen LogP contribution in [0.4, 0.5) is 11.5 Å². The molecule has 1 aliphatic rings. The molecule has 4 rings (SSSR count). The number of hydrogen-bond donors (Lipinski definition) is 1. The molecule has 2 heterocycles. The van der Waals surface area contributed by atoms with Crippen LogP contribution in [0.15, 0.2) is 54.6 Å². The van der Waals surface area contributed by atoms with E-state index in [0.29, 0.717) is 5.02 Å². The van der Waals surface area contributed by atoms with Gasteiger partial charge in [-0.05, 0) is 74.2 Å². The Morgan fingerprint density at radius 2 is 1.63 bits per heavy atom. The van der Waals surface area contributed by atoms with Gasteiger partial charge in [-0.1, -0.05) is 29.8 Å². The molecule has 1 amide bonds. The van der Waals surface area contributed by atoms with Gasteiger partial charge in [-0.25, -0.2) is 0 Å². The number of aryl methyl sites for hydroxylation is 2. The molecule has 1 aromatic heterocycles. The normalized spacial score (nSPS) is 14.6. The number of rotatable bonds is 4. The zero-order valence-corrected chi connectivity index (χ0v) is 18.0. The fourth-order valence-electron chi connectivity index (χ4n) is 3.93. The van der Waals surface area contributed by atoms with Crippen LogP contribution in [0, 0.1) is 19.8 Å². The summed E-state index contributed by atoms with van der Waals surface area (Å²) in [5, 5.41) is 12.6. The topological polar surface area (TPSA) is 58.1 Å². The summed E-state index contributed by atoms with van der Waals surface area (Å²) < 4.78 is 0. The lowest BCUT2D eigenvalue weighted by atomic mass is 9.95. The van der Waals surface area contributed by atoms with Gasteiger partial charge in [0.25, 0.3) is 0 Å². The Kier molecular flexibility index (Phi) is 6.00. The second-order valence-electron chi connectivity index (χ2n) is 7.91. The van der Waals surface area contributed by atoms with E-state index in [1.54, 1.807) is 0 Å². The second kappa shape index (κ2) is 8.84. The molecule has 0 bridgehead atoms. The number of amides is 1. The standard InChI is InChI=1S/C24H25ClN4O/c1-16-13-17(2)15-21(14-16)26-24(30)19-9-11-29(12-10-19)23-8-7-22(27-28-23)18-3-5-20(25)6-4-18/h3-8,13-15,19H,9-12H2,1-2H3,(H,26,30). The number of nitrogens with zero attached hydrogens (tertiary/aromatic N) is 3. The highest BCUT2D eigenvalue weighted by atomic mass is 35.5. The molecule has 1 N–H and O–H groups in total. The first-order chi connectivity index (χ1) is 14.5. The Morgan fingerprint density at radius 3 is 2.23 bits per heavy atom. The van der Waals surface area contributed by atoms with Gasteiger partial charge in [-0.2, -0.15) is 0 Å². The Hall–Kier alpha value is -2.92. The lowest BCUT2D eigenvalue weighted by Gasteiger charge is -2.31. The summed E-state index contributed by atoms with van der Waals surface area (Å²) in [6.07, 6.45) is 1.61. The van der Waals surface area contributed by atoms with Crippen molar-refractivity contribution in [3.8, 4) is 11.3 Å². The number of carbonyl (C=O) groups excluding carboxylic acids is 1. The molecule has 1 aliphatic heterocycles. The molecule has 0 unspecified atom stereocenters. The minimum absolute atomic E-state index is 0.0170. The maximum Gasteiger partial charge on any atom is 0.227 e. The van der Waals surface area contributed by atoms with E-state index in [9.17, 15) is 4.79 Å². The highest BCUT2D eigenvalue weighted by Crippen LogP contribution is 2.25.